The Morgan fingerprint density at radius 1 is 1.29 bits per heavy atom. The topological polar surface area (TPSA) is 38.9 Å². The van der Waals surface area contributed by atoms with Crippen LogP contribution in [0.2, 0.25) is 0 Å². The Bertz CT molecular complexity index is 514. The van der Waals surface area contributed by atoms with Gasteiger partial charge in [-0.25, -0.2) is 0 Å². The molecule has 2 heterocycles. The largest absolute Gasteiger partial charge is 0.398 e. The molecule has 1 aromatic heterocycles. The molecule has 1 aromatic carbocycles. The van der Waals surface area contributed by atoms with E-state index in [2.05, 4.69) is 29.2 Å². The highest BCUT2D eigenvalue weighted by molar-refractivity contribution is 8.00. The van der Waals surface area contributed by atoms with Crippen molar-refractivity contribution in [3.8, 4) is 0 Å². The van der Waals surface area contributed by atoms with Crippen LogP contribution in [0.3, 0.4) is 0 Å². The van der Waals surface area contributed by atoms with E-state index in [1.165, 1.54) is 10.5 Å². The third-order valence-corrected chi connectivity index (χ3v) is 4.42. The maximum Gasteiger partial charge on any atom is 0.0377 e. The number of thioether (sulfide) groups is 1. The van der Waals surface area contributed by atoms with Gasteiger partial charge in [0.05, 0.1) is 0 Å². The molecule has 0 bridgehead atoms. The molecular formula is C14H14N2S. The van der Waals surface area contributed by atoms with Crippen LogP contribution in [0, 0.1) is 0 Å². The maximum atomic E-state index is 5.95. The van der Waals surface area contributed by atoms with E-state index in [0.717, 1.165) is 24.1 Å². The zero-order valence-corrected chi connectivity index (χ0v) is 10.3. The van der Waals surface area contributed by atoms with Gasteiger partial charge in [-0.05, 0) is 36.1 Å². The number of nitrogen functional groups attached to an aromatic ring is 1. The number of hydrogen-bond acceptors (Lipinski definition) is 3. The van der Waals surface area contributed by atoms with Crippen LogP contribution in [-0.2, 0) is 12.8 Å². The number of aromatic nitrogens is 1. The van der Waals surface area contributed by atoms with Crippen LogP contribution in [0.5, 0.6) is 0 Å². The van der Waals surface area contributed by atoms with E-state index < -0.39 is 0 Å². The van der Waals surface area contributed by atoms with Crippen LogP contribution in [0.15, 0.2) is 47.6 Å². The molecule has 3 rings (SSSR count). The Labute approximate surface area is 105 Å². The zero-order valence-electron chi connectivity index (χ0n) is 9.47. The summed E-state index contributed by atoms with van der Waals surface area (Å²) in [4.78, 5) is 5.56. The van der Waals surface area contributed by atoms with Gasteiger partial charge in [-0.2, -0.15) is 0 Å². The van der Waals surface area contributed by atoms with Crippen LogP contribution in [0.1, 0.15) is 11.1 Å². The van der Waals surface area contributed by atoms with E-state index in [-0.39, 0.29) is 0 Å². The van der Waals surface area contributed by atoms with Gasteiger partial charge in [0.15, 0.2) is 0 Å². The van der Waals surface area contributed by atoms with Crippen molar-refractivity contribution in [1.29, 1.82) is 0 Å². The van der Waals surface area contributed by atoms with Crippen LogP contribution >= 0.6 is 11.8 Å². The van der Waals surface area contributed by atoms with E-state index in [4.69, 9.17) is 5.73 Å². The molecule has 86 valence electrons. The van der Waals surface area contributed by atoms with Gasteiger partial charge >= 0.3 is 0 Å². The first kappa shape index (κ1) is 10.7. The van der Waals surface area contributed by atoms with E-state index in [9.17, 15) is 0 Å². The minimum Gasteiger partial charge on any atom is -0.398 e. The summed E-state index contributed by atoms with van der Waals surface area (Å²) in [6, 6.07) is 10.5. The van der Waals surface area contributed by atoms with Crippen LogP contribution in [0.4, 0.5) is 5.69 Å². The maximum absolute atomic E-state index is 5.95. The molecule has 0 aliphatic carbocycles. The highest BCUT2D eigenvalue weighted by Crippen LogP contribution is 2.38. The minimum atomic E-state index is 0.596. The monoisotopic (exact) mass is 242 g/mol. The molecule has 0 amide bonds. The number of nitrogens with two attached hydrogens (primary N) is 1. The van der Waals surface area contributed by atoms with Crippen molar-refractivity contribution in [2.24, 2.45) is 0 Å². The average Bonchev–Trinajstić information content (AvgIpc) is 2.74. The molecule has 1 atom stereocenters. The minimum absolute atomic E-state index is 0.596. The Morgan fingerprint density at radius 3 is 3.00 bits per heavy atom. The molecule has 3 heteroatoms. The summed E-state index contributed by atoms with van der Waals surface area (Å²) < 4.78 is 0. The third kappa shape index (κ3) is 2.15. The van der Waals surface area contributed by atoms with Crippen molar-refractivity contribution in [3.05, 3.63) is 53.9 Å². The molecule has 2 aromatic rings. The SMILES string of the molecule is Nc1ccncc1CC1Cc2ccccc2S1. The summed E-state index contributed by atoms with van der Waals surface area (Å²) in [6.45, 7) is 0. The van der Waals surface area contributed by atoms with Gasteiger partial charge in [0.2, 0.25) is 0 Å². The van der Waals surface area contributed by atoms with E-state index in [1.54, 1.807) is 6.20 Å². The molecule has 0 saturated heterocycles. The molecule has 0 fully saturated rings. The average molecular weight is 242 g/mol. The Kier molecular flexibility index (Phi) is 2.77. The third-order valence-electron chi connectivity index (χ3n) is 3.10. The number of nitrogens with zero attached hydrogens (tertiary/aromatic N) is 1. The van der Waals surface area contributed by atoms with Gasteiger partial charge in [-0.15, -0.1) is 11.8 Å². The lowest BCUT2D eigenvalue weighted by molar-refractivity contribution is 0.854. The fourth-order valence-electron chi connectivity index (χ4n) is 2.22. The number of benzene rings is 1. The molecule has 2 N–H and O–H groups in total. The predicted molar refractivity (Wildman–Crippen MR) is 72.1 cm³/mol. The van der Waals surface area contributed by atoms with Gasteiger partial charge in [0.1, 0.15) is 0 Å². The molecule has 1 aliphatic heterocycles. The summed E-state index contributed by atoms with van der Waals surface area (Å²) >= 11 is 1.96. The molecule has 0 radical (unpaired) electrons. The molecule has 0 saturated carbocycles. The van der Waals surface area contributed by atoms with Gasteiger partial charge in [0, 0.05) is 28.2 Å². The summed E-state index contributed by atoms with van der Waals surface area (Å²) in [5.41, 5.74) is 9.44. The van der Waals surface area contributed by atoms with Crippen LogP contribution in [-0.4, -0.2) is 10.2 Å². The molecular weight excluding hydrogens is 228 g/mol. The van der Waals surface area contributed by atoms with Crippen LogP contribution < -0.4 is 5.73 Å². The number of rotatable bonds is 2. The molecule has 17 heavy (non-hydrogen) atoms. The summed E-state index contributed by atoms with van der Waals surface area (Å²) in [7, 11) is 0. The smallest absolute Gasteiger partial charge is 0.0377 e. The predicted octanol–water partition coefficient (Wildman–Crippen LogP) is 2.92. The van der Waals surface area contributed by atoms with Crippen molar-refractivity contribution in [2.45, 2.75) is 23.0 Å². The Morgan fingerprint density at radius 2 is 2.18 bits per heavy atom. The molecule has 0 spiro atoms. The van der Waals surface area contributed by atoms with Crippen molar-refractivity contribution in [1.82, 2.24) is 4.98 Å². The second-order valence-corrected chi connectivity index (χ2v) is 5.67. The summed E-state index contributed by atoms with van der Waals surface area (Å²) in [5.74, 6) is 0. The highest BCUT2D eigenvalue weighted by Gasteiger charge is 2.22. The molecule has 1 aliphatic rings. The van der Waals surface area contributed by atoms with Crippen LogP contribution in [0.25, 0.3) is 0 Å². The lowest BCUT2D eigenvalue weighted by Crippen LogP contribution is -2.07. The highest BCUT2D eigenvalue weighted by atomic mass is 32.2. The van der Waals surface area contributed by atoms with Gasteiger partial charge in [-0.1, -0.05) is 18.2 Å². The molecule has 2 nitrogen and oxygen atoms in total. The lowest BCUT2D eigenvalue weighted by Gasteiger charge is -2.09. The quantitative estimate of drug-likeness (QED) is 0.880. The number of hydrogen-bond donors (Lipinski definition) is 1. The zero-order chi connectivity index (χ0) is 11.7. The summed E-state index contributed by atoms with van der Waals surface area (Å²) in [6.07, 6.45) is 5.77. The van der Waals surface area contributed by atoms with Crippen molar-refractivity contribution in [3.63, 3.8) is 0 Å². The van der Waals surface area contributed by atoms with E-state index >= 15 is 0 Å². The second-order valence-electron chi connectivity index (χ2n) is 4.33. The Balaban J connectivity index is 1.76. The van der Waals surface area contributed by atoms with Gasteiger partial charge in [-0.3, -0.25) is 4.98 Å². The first-order chi connectivity index (χ1) is 8.33. The second kappa shape index (κ2) is 4.41. The standard InChI is InChI=1S/C14H14N2S/c15-13-5-6-16-9-11(13)8-12-7-10-3-1-2-4-14(10)17-12/h1-6,9,12H,7-8H2,(H2,15,16). The van der Waals surface area contributed by atoms with E-state index in [1.807, 2.05) is 24.0 Å². The first-order valence-electron chi connectivity index (χ1n) is 5.76. The van der Waals surface area contributed by atoms with Gasteiger partial charge in [0.25, 0.3) is 0 Å². The van der Waals surface area contributed by atoms with Gasteiger partial charge < -0.3 is 5.73 Å². The lowest BCUT2D eigenvalue weighted by atomic mass is 10.0. The molecule has 1 unspecified atom stereocenters. The van der Waals surface area contributed by atoms with E-state index in [0.29, 0.717) is 5.25 Å². The summed E-state index contributed by atoms with van der Waals surface area (Å²) in [5, 5.41) is 0.596. The van der Waals surface area contributed by atoms with Crippen molar-refractivity contribution >= 4 is 17.4 Å². The number of anilines is 1. The number of pyridine rings is 1. The van der Waals surface area contributed by atoms with Crippen molar-refractivity contribution < 1.29 is 0 Å². The first-order valence-corrected chi connectivity index (χ1v) is 6.64. The Hall–Kier alpha value is -1.48. The fraction of sp³-hybridized carbons (Fsp3) is 0.214. The number of fused-ring (bicyclic) bond motifs is 1. The normalized spacial score (nSPS) is 18.0. The fourth-order valence-corrected chi connectivity index (χ4v) is 3.57. The van der Waals surface area contributed by atoms with Crippen molar-refractivity contribution in [2.75, 3.05) is 5.73 Å².